The molecule has 0 radical (unpaired) electrons. The Balaban J connectivity index is 1.89. The van der Waals surface area contributed by atoms with Crippen LogP contribution in [0.25, 0.3) is 0 Å². The minimum absolute atomic E-state index is 0.0257. The van der Waals surface area contributed by atoms with E-state index < -0.39 is 11.8 Å². The normalized spacial score (nSPS) is 10.7. The standard InChI is InChI=1S/C22H27FO2/c1-3-5-6-7-8-9-18-10-13-19(14-11-18)22(24)25-21-15-12-17(4-2)16-20(21)23/h10-16H,3-9H2,1-2H3. The number of esters is 1. The highest BCUT2D eigenvalue weighted by Gasteiger charge is 2.12. The number of benzene rings is 2. The molecule has 0 amide bonds. The number of halogens is 1. The Bertz CT molecular complexity index is 677. The van der Waals surface area contributed by atoms with E-state index in [-0.39, 0.29) is 5.75 Å². The Labute approximate surface area is 150 Å². The van der Waals surface area contributed by atoms with Gasteiger partial charge in [0.1, 0.15) is 0 Å². The van der Waals surface area contributed by atoms with E-state index in [0.717, 1.165) is 18.4 Å². The van der Waals surface area contributed by atoms with E-state index in [2.05, 4.69) is 6.92 Å². The molecule has 134 valence electrons. The number of carbonyl (C=O) groups excluding carboxylic acids is 1. The van der Waals surface area contributed by atoms with Crippen LogP contribution in [0.3, 0.4) is 0 Å². The topological polar surface area (TPSA) is 26.3 Å². The van der Waals surface area contributed by atoms with E-state index in [1.165, 1.54) is 49.8 Å². The molecule has 0 fully saturated rings. The van der Waals surface area contributed by atoms with Gasteiger partial charge in [0.05, 0.1) is 5.56 Å². The van der Waals surface area contributed by atoms with Crippen molar-refractivity contribution < 1.29 is 13.9 Å². The molecule has 0 unspecified atom stereocenters. The van der Waals surface area contributed by atoms with Gasteiger partial charge in [0.15, 0.2) is 11.6 Å². The second kappa shape index (κ2) is 9.97. The molecule has 0 aliphatic rings. The molecule has 2 aromatic carbocycles. The van der Waals surface area contributed by atoms with Crippen LogP contribution in [0.15, 0.2) is 42.5 Å². The summed E-state index contributed by atoms with van der Waals surface area (Å²) in [6, 6.07) is 12.1. The molecule has 0 aliphatic carbocycles. The van der Waals surface area contributed by atoms with Crippen LogP contribution < -0.4 is 4.74 Å². The molecular weight excluding hydrogens is 315 g/mol. The van der Waals surface area contributed by atoms with Crippen molar-refractivity contribution in [3.05, 3.63) is 65.0 Å². The number of hydrogen-bond acceptors (Lipinski definition) is 2. The van der Waals surface area contributed by atoms with Crippen molar-refractivity contribution in [2.24, 2.45) is 0 Å². The molecule has 0 aromatic heterocycles. The van der Waals surface area contributed by atoms with Crippen molar-refractivity contribution in [1.82, 2.24) is 0 Å². The molecule has 0 aliphatic heterocycles. The fraction of sp³-hybridized carbons (Fsp3) is 0.409. The van der Waals surface area contributed by atoms with Crippen molar-refractivity contribution in [3.8, 4) is 5.75 Å². The summed E-state index contributed by atoms with van der Waals surface area (Å²) in [5, 5.41) is 0. The smallest absolute Gasteiger partial charge is 0.343 e. The lowest BCUT2D eigenvalue weighted by molar-refractivity contribution is 0.0728. The zero-order valence-electron chi connectivity index (χ0n) is 15.2. The summed E-state index contributed by atoms with van der Waals surface area (Å²) < 4.78 is 19.1. The van der Waals surface area contributed by atoms with Gasteiger partial charge in [0, 0.05) is 0 Å². The highest BCUT2D eigenvalue weighted by molar-refractivity contribution is 5.91. The Hall–Kier alpha value is -2.16. The van der Waals surface area contributed by atoms with Crippen LogP contribution in [0.1, 0.15) is 67.4 Å². The first-order valence-electron chi connectivity index (χ1n) is 9.23. The highest BCUT2D eigenvalue weighted by atomic mass is 19.1. The second-order valence-corrected chi connectivity index (χ2v) is 6.37. The van der Waals surface area contributed by atoms with Gasteiger partial charge in [-0.2, -0.15) is 0 Å². The third-order valence-electron chi connectivity index (χ3n) is 4.37. The fourth-order valence-corrected chi connectivity index (χ4v) is 2.75. The van der Waals surface area contributed by atoms with Crippen molar-refractivity contribution in [2.45, 2.75) is 58.8 Å². The van der Waals surface area contributed by atoms with Gasteiger partial charge in [0.2, 0.25) is 0 Å². The zero-order valence-corrected chi connectivity index (χ0v) is 15.2. The van der Waals surface area contributed by atoms with Crippen molar-refractivity contribution in [3.63, 3.8) is 0 Å². The van der Waals surface area contributed by atoms with Gasteiger partial charge in [-0.15, -0.1) is 0 Å². The van der Waals surface area contributed by atoms with Gasteiger partial charge in [-0.3, -0.25) is 0 Å². The van der Waals surface area contributed by atoms with Crippen molar-refractivity contribution >= 4 is 5.97 Å². The number of hydrogen-bond donors (Lipinski definition) is 0. The number of carbonyl (C=O) groups is 1. The molecule has 0 heterocycles. The molecule has 0 saturated carbocycles. The van der Waals surface area contributed by atoms with E-state index in [1.807, 2.05) is 19.1 Å². The molecule has 2 rings (SSSR count). The monoisotopic (exact) mass is 342 g/mol. The Morgan fingerprint density at radius 1 is 0.920 bits per heavy atom. The van der Waals surface area contributed by atoms with Gasteiger partial charge in [-0.05, 0) is 54.7 Å². The predicted octanol–water partition coefficient (Wildman–Crippen LogP) is 6.12. The van der Waals surface area contributed by atoms with Crippen LogP contribution in [0, 0.1) is 5.82 Å². The molecule has 0 saturated heterocycles. The molecule has 0 bridgehead atoms. The maximum absolute atomic E-state index is 13.9. The van der Waals surface area contributed by atoms with Crippen LogP contribution in [-0.4, -0.2) is 5.97 Å². The Morgan fingerprint density at radius 2 is 1.60 bits per heavy atom. The minimum Gasteiger partial charge on any atom is -0.420 e. The van der Waals surface area contributed by atoms with Gasteiger partial charge >= 0.3 is 5.97 Å². The maximum Gasteiger partial charge on any atom is 0.343 e. The second-order valence-electron chi connectivity index (χ2n) is 6.37. The highest BCUT2D eigenvalue weighted by Crippen LogP contribution is 2.20. The molecule has 2 aromatic rings. The first-order chi connectivity index (χ1) is 12.1. The SMILES string of the molecule is CCCCCCCc1ccc(C(=O)Oc2ccc(CC)cc2F)cc1. The first-order valence-corrected chi connectivity index (χ1v) is 9.23. The lowest BCUT2D eigenvalue weighted by atomic mass is 10.0. The van der Waals surface area contributed by atoms with Gasteiger partial charge in [-0.1, -0.05) is 57.7 Å². The van der Waals surface area contributed by atoms with Crippen molar-refractivity contribution in [1.29, 1.82) is 0 Å². The van der Waals surface area contributed by atoms with E-state index >= 15 is 0 Å². The number of rotatable bonds is 9. The predicted molar refractivity (Wildman–Crippen MR) is 99.6 cm³/mol. The summed E-state index contributed by atoms with van der Waals surface area (Å²) in [7, 11) is 0. The zero-order chi connectivity index (χ0) is 18.1. The summed E-state index contributed by atoms with van der Waals surface area (Å²) in [6.45, 7) is 4.16. The van der Waals surface area contributed by atoms with Gasteiger partial charge in [0.25, 0.3) is 0 Å². The van der Waals surface area contributed by atoms with Crippen LogP contribution >= 0.6 is 0 Å². The summed E-state index contributed by atoms with van der Waals surface area (Å²) in [6.07, 6.45) is 7.99. The molecule has 2 nitrogen and oxygen atoms in total. The number of aryl methyl sites for hydroxylation is 2. The average molecular weight is 342 g/mol. The van der Waals surface area contributed by atoms with Crippen LogP contribution in [0.5, 0.6) is 5.75 Å². The minimum atomic E-state index is -0.530. The average Bonchev–Trinajstić information content (AvgIpc) is 2.63. The quantitative estimate of drug-likeness (QED) is 0.312. The van der Waals surface area contributed by atoms with E-state index in [4.69, 9.17) is 4.74 Å². The van der Waals surface area contributed by atoms with Crippen LogP contribution in [0.2, 0.25) is 0 Å². The summed E-state index contributed by atoms with van der Waals surface area (Å²) in [5.41, 5.74) is 2.53. The largest absolute Gasteiger partial charge is 0.420 e. The number of unbranched alkanes of at least 4 members (excludes halogenated alkanes) is 4. The third-order valence-corrected chi connectivity index (χ3v) is 4.37. The molecular formula is C22H27FO2. The maximum atomic E-state index is 13.9. The summed E-state index contributed by atoms with van der Waals surface area (Å²) in [5.74, 6) is -1.06. The fourth-order valence-electron chi connectivity index (χ4n) is 2.75. The molecule has 25 heavy (non-hydrogen) atoms. The Kier molecular flexibility index (Phi) is 7.65. The van der Waals surface area contributed by atoms with Crippen LogP contribution in [-0.2, 0) is 12.8 Å². The van der Waals surface area contributed by atoms with Crippen LogP contribution in [0.4, 0.5) is 4.39 Å². The molecule has 0 N–H and O–H groups in total. The third kappa shape index (κ3) is 6.00. The first kappa shape index (κ1) is 19.2. The molecule has 0 spiro atoms. The van der Waals surface area contributed by atoms with Gasteiger partial charge < -0.3 is 4.74 Å². The van der Waals surface area contributed by atoms with E-state index in [0.29, 0.717) is 5.56 Å². The molecule has 3 heteroatoms. The van der Waals surface area contributed by atoms with E-state index in [9.17, 15) is 9.18 Å². The molecule has 0 atom stereocenters. The Morgan fingerprint density at radius 3 is 2.24 bits per heavy atom. The lowest BCUT2D eigenvalue weighted by Gasteiger charge is -2.07. The summed E-state index contributed by atoms with van der Waals surface area (Å²) in [4.78, 5) is 12.2. The lowest BCUT2D eigenvalue weighted by Crippen LogP contribution is -2.09. The van der Waals surface area contributed by atoms with Gasteiger partial charge in [-0.25, -0.2) is 9.18 Å². The van der Waals surface area contributed by atoms with Crippen molar-refractivity contribution in [2.75, 3.05) is 0 Å². The number of ether oxygens (including phenoxy) is 1. The summed E-state index contributed by atoms with van der Waals surface area (Å²) >= 11 is 0. The van der Waals surface area contributed by atoms with E-state index in [1.54, 1.807) is 18.2 Å².